The number of benzene rings is 2. The molecule has 1 fully saturated rings. The minimum atomic E-state index is -0.289. The van der Waals surface area contributed by atoms with Crippen LogP contribution >= 0.6 is 0 Å². The Kier molecular flexibility index (Phi) is 5.03. The zero-order valence-electron chi connectivity index (χ0n) is 13.1. The highest BCUT2D eigenvalue weighted by atomic mass is 19.1. The van der Waals surface area contributed by atoms with Crippen LogP contribution in [-0.4, -0.2) is 23.9 Å². The van der Waals surface area contributed by atoms with Crippen molar-refractivity contribution in [3.05, 3.63) is 65.5 Å². The quantitative estimate of drug-likeness (QED) is 0.915. The molecule has 0 saturated carbocycles. The maximum absolute atomic E-state index is 12.9. The number of nitrogens with zero attached hydrogens (tertiary/aromatic N) is 1. The van der Waals surface area contributed by atoms with E-state index in [9.17, 15) is 9.18 Å². The molecule has 0 radical (unpaired) electrons. The lowest BCUT2D eigenvalue weighted by molar-refractivity contribution is -0.115. The molecule has 2 aromatic carbocycles. The van der Waals surface area contributed by atoms with Gasteiger partial charge in [0.05, 0.1) is 6.42 Å². The van der Waals surface area contributed by atoms with E-state index < -0.39 is 0 Å². The molecule has 23 heavy (non-hydrogen) atoms. The standard InChI is InChI=1S/C19H21FN2O/c20-17-7-3-15(4-8-17)13-19(23)21-18-9-5-16(6-10-18)14-22-11-1-2-12-22/h3-10H,1-2,11-14H2,(H,21,23). The fraction of sp³-hybridized carbons (Fsp3) is 0.316. The molecule has 0 spiro atoms. The summed E-state index contributed by atoms with van der Waals surface area (Å²) in [6, 6.07) is 14.0. The molecule has 0 aliphatic carbocycles. The van der Waals surface area contributed by atoms with Crippen LogP contribution in [0.15, 0.2) is 48.5 Å². The fourth-order valence-electron chi connectivity index (χ4n) is 2.89. The number of halogens is 1. The Morgan fingerprint density at radius 1 is 0.957 bits per heavy atom. The van der Waals surface area contributed by atoms with Gasteiger partial charge in [-0.2, -0.15) is 0 Å². The number of hydrogen-bond acceptors (Lipinski definition) is 2. The molecule has 1 aliphatic heterocycles. The molecule has 3 nitrogen and oxygen atoms in total. The molecule has 2 aromatic rings. The average molecular weight is 312 g/mol. The number of likely N-dealkylation sites (tertiary alicyclic amines) is 1. The molecule has 4 heteroatoms. The minimum absolute atomic E-state index is 0.0936. The third-order valence-electron chi connectivity index (χ3n) is 4.12. The highest BCUT2D eigenvalue weighted by molar-refractivity contribution is 5.92. The van der Waals surface area contributed by atoms with Gasteiger partial charge in [0.1, 0.15) is 5.82 Å². The number of nitrogens with one attached hydrogen (secondary N) is 1. The first kappa shape index (κ1) is 15.7. The van der Waals surface area contributed by atoms with Crippen LogP contribution in [-0.2, 0) is 17.8 Å². The first-order chi connectivity index (χ1) is 11.2. The smallest absolute Gasteiger partial charge is 0.228 e. The van der Waals surface area contributed by atoms with Crippen LogP contribution in [0.4, 0.5) is 10.1 Å². The van der Waals surface area contributed by atoms with Gasteiger partial charge in [0.2, 0.25) is 5.91 Å². The van der Waals surface area contributed by atoms with Crippen molar-refractivity contribution in [1.82, 2.24) is 4.90 Å². The SMILES string of the molecule is O=C(Cc1ccc(F)cc1)Nc1ccc(CN2CCCC2)cc1. The largest absolute Gasteiger partial charge is 0.326 e. The Hall–Kier alpha value is -2.20. The summed E-state index contributed by atoms with van der Waals surface area (Å²) in [7, 11) is 0. The lowest BCUT2D eigenvalue weighted by atomic mass is 10.1. The molecule has 0 atom stereocenters. The van der Waals surface area contributed by atoms with E-state index in [0.29, 0.717) is 0 Å². The molecular weight excluding hydrogens is 291 g/mol. The minimum Gasteiger partial charge on any atom is -0.326 e. The van der Waals surface area contributed by atoms with Gasteiger partial charge < -0.3 is 5.32 Å². The second-order valence-corrected chi connectivity index (χ2v) is 6.03. The van der Waals surface area contributed by atoms with E-state index in [4.69, 9.17) is 0 Å². The maximum atomic E-state index is 12.9. The van der Waals surface area contributed by atoms with E-state index in [1.54, 1.807) is 12.1 Å². The van der Waals surface area contributed by atoms with Gasteiger partial charge in [-0.05, 0) is 61.3 Å². The predicted octanol–water partition coefficient (Wildman–Crippen LogP) is 3.60. The van der Waals surface area contributed by atoms with Crippen molar-refractivity contribution in [3.8, 4) is 0 Å². The molecule has 1 heterocycles. The van der Waals surface area contributed by atoms with Crippen molar-refractivity contribution in [2.75, 3.05) is 18.4 Å². The molecule has 1 aliphatic rings. The Morgan fingerprint density at radius 2 is 1.57 bits per heavy atom. The lowest BCUT2D eigenvalue weighted by Gasteiger charge is -2.14. The third-order valence-corrected chi connectivity index (χ3v) is 4.12. The lowest BCUT2D eigenvalue weighted by Crippen LogP contribution is -2.18. The second kappa shape index (κ2) is 7.38. The summed E-state index contributed by atoms with van der Waals surface area (Å²) in [4.78, 5) is 14.5. The van der Waals surface area contributed by atoms with Crippen LogP contribution in [0.3, 0.4) is 0 Å². The number of hydrogen-bond donors (Lipinski definition) is 1. The van der Waals surface area contributed by atoms with Gasteiger partial charge >= 0.3 is 0 Å². The van der Waals surface area contributed by atoms with Gasteiger partial charge in [0, 0.05) is 12.2 Å². The van der Waals surface area contributed by atoms with E-state index in [2.05, 4.69) is 22.3 Å². The zero-order chi connectivity index (χ0) is 16.1. The summed E-state index contributed by atoms with van der Waals surface area (Å²) < 4.78 is 12.9. The van der Waals surface area contributed by atoms with Crippen LogP contribution in [0.2, 0.25) is 0 Å². The van der Waals surface area contributed by atoms with Crippen LogP contribution in [0.5, 0.6) is 0 Å². The van der Waals surface area contributed by atoms with E-state index in [0.717, 1.165) is 17.8 Å². The Bertz CT molecular complexity index is 646. The Balaban J connectivity index is 1.52. The summed E-state index contributed by atoms with van der Waals surface area (Å²) in [5, 5.41) is 2.88. The van der Waals surface area contributed by atoms with Crippen LogP contribution in [0.1, 0.15) is 24.0 Å². The van der Waals surface area contributed by atoms with Crippen molar-refractivity contribution in [3.63, 3.8) is 0 Å². The molecule has 1 saturated heterocycles. The van der Waals surface area contributed by atoms with Gasteiger partial charge in [-0.3, -0.25) is 9.69 Å². The van der Waals surface area contributed by atoms with Crippen molar-refractivity contribution in [2.24, 2.45) is 0 Å². The Morgan fingerprint density at radius 3 is 2.22 bits per heavy atom. The van der Waals surface area contributed by atoms with Gasteiger partial charge in [0.25, 0.3) is 0 Å². The second-order valence-electron chi connectivity index (χ2n) is 6.03. The number of rotatable bonds is 5. The van der Waals surface area contributed by atoms with E-state index in [1.807, 2.05) is 12.1 Å². The molecule has 0 aromatic heterocycles. The summed E-state index contributed by atoms with van der Waals surface area (Å²) >= 11 is 0. The van der Waals surface area contributed by atoms with Crippen LogP contribution < -0.4 is 5.32 Å². The highest BCUT2D eigenvalue weighted by Gasteiger charge is 2.11. The van der Waals surface area contributed by atoms with Crippen molar-refractivity contribution >= 4 is 11.6 Å². The molecular formula is C19H21FN2O. The summed E-state index contributed by atoms with van der Waals surface area (Å²) in [6.45, 7) is 3.33. The number of anilines is 1. The number of carbonyl (C=O) groups is 1. The van der Waals surface area contributed by atoms with E-state index in [1.165, 1.54) is 43.6 Å². The fourth-order valence-corrected chi connectivity index (χ4v) is 2.89. The molecule has 1 amide bonds. The first-order valence-electron chi connectivity index (χ1n) is 8.05. The van der Waals surface area contributed by atoms with Crippen LogP contribution in [0, 0.1) is 5.82 Å². The van der Waals surface area contributed by atoms with E-state index in [-0.39, 0.29) is 18.1 Å². The van der Waals surface area contributed by atoms with Gasteiger partial charge in [-0.1, -0.05) is 24.3 Å². The van der Waals surface area contributed by atoms with Crippen LogP contribution in [0.25, 0.3) is 0 Å². The Labute approximate surface area is 136 Å². The number of amides is 1. The maximum Gasteiger partial charge on any atom is 0.228 e. The summed E-state index contributed by atoms with van der Waals surface area (Å²) in [5.74, 6) is -0.383. The predicted molar refractivity (Wildman–Crippen MR) is 89.7 cm³/mol. The monoisotopic (exact) mass is 312 g/mol. The molecule has 1 N–H and O–H groups in total. The average Bonchev–Trinajstić information content (AvgIpc) is 3.04. The third kappa shape index (κ3) is 4.63. The highest BCUT2D eigenvalue weighted by Crippen LogP contribution is 2.15. The normalized spacial score (nSPS) is 14.8. The first-order valence-corrected chi connectivity index (χ1v) is 8.05. The van der Waals surface area contributed by atoms with Gasteiger partial charge in [-0.15, -0.1) is 0 Å². The summed E-state index contributed by atoms with van der Waals surface area (Å²) in [5.41, 5.74) is 2.86. The zero-order valence-corrected chi connectivity index (χ0v) is 13.1. The van der Waals surface area contributed by atoms with Crippen molar-refractivity contribution in [1.29, 1.82) is 0 Å². The topological polar surface area (TPSA) is 32.3 Å². The molecule has 3 rings (SSSR count). The molecule has 120 valence electrons. The van der Waals surface area contributed by atoms with Crippen molar-refractivity contribution < 1.29 is 9.18 Å². The van der Waals surface area contributed by atoms with Gasteiger partial charge in [0.15, 0.2) is 0 Å². The summed E-state index contributed by atoms with van der Waals surface area (Å²) in [6.07, 6.45) is 2.82. The van der Waals surface area contributed by atoms with E-state index >= 15 is 0 Å². The van der Waals surface area contributed by atoms with Gasteiger partial charge in [-0.25, -0.2) is 4.39 Å². The number of carbonyl (C=O) groups excluding carboxylic acids is 1. The molecule has 0 bridgehead atoms. The van der Waals surface area contributed by atoms with Crippen molar-refractivity contribution in [2.45, 2.75) is 25.8 Å². The molecule has 0 unspecified atom stereocenters.